The molecule has 2 atom stereocenters. The molecule has 0 bridgehead atoms. The lowest BCUT2D eigenvalue weighted by Crippen LogP contribution is -2.43. The molecule has 0 amide bonds. The molecule has 1 fully saturated rings. The van der Waals surface area contributed by atoms with Crippen LogP contribution in [0.5, 0.6) is 0 Å². The van der Waals surface area contributed by atoms with Gasteiger partial charge < -0.3 is 0 Å². The molecule has 0 saturated heterocycles. The van der Waals surface area contributed by atoms with Crippen LogP contribution in [0.3, 0.4) is 0 Å². The Morgan fingerprint density at radius 1 is 0.950 bits per heavy atom. The van der Waals surface area contributed by atoms with Crippen molar-refractivity contribution in [2.45, 2.75) is 99.8 Å². The molecule has 0 aromatic heterocycles. The Morgan fingerprint density at radius 3 is 2.00 bits per heavy atom. The van der Waals surface area contributed by atoms with Gasteiger partial charge in [-0.15, -0.1) is 0 Å². The first-order valence-electron chi connectivity index (χ1n) is 9.24. The molecule has 0 heterocycles. The first-order valence-corrected chi connectivity index (χ1v) is 9.24. The fourth-order valence-electron chi connectivity index (χ4n) is 4.47. The summed E-state index contributed by atoms with van der Waals surface area (Å²) < 4.78 is 0. The van der Waals surface area contributed by atoms with Crippen molar-refractivity contribution in [2.24, 2.45) is 28.6 Å². The molecule has 0 radical (unpaired) electrons. The zero-order chi connectivity index (χ0) is 15.4. The zero-order valence-corrected chi connectivity index (χ0v) is 15.4. The Hall–Kier alpha value is 0. The van der Waals surface area contributed by atoms with Crippen molar-refractivity contribution >= 4 is 0 Å². The van der Waals surface area contributed by atoms with Crippen molar-refractivity contribution in [3.8, 4) is 0 Å². The van der Waals surface area contributed by atoms with Gasteiger partial charge in [0.15, 0.2) is 0 Å². The minimum absolute atomic E-state index is 0.454. The van der Waals surface area contributed by atoms with Gasteiger partial charge in [0.2, 0.25) is 0 Å². The SMILES string of the molecule is CCCCC(C)C(C)(C)C(C)C(C)(C)C1CCCCC1. The van der Waals surface area contributed by atoms with Crippen molar-refractivity contribution in [1.29, 1.82) is 0 Å². The van der Waals surface area contributed by atoms with Gasteiger partial charge in [-0.25, -0.2) is 0 Å². The molecule has 0 aromatic carbocycles. The lowest BCUT2D eigenvalue weighted by atomic mass is 9.55. The van der Waals surface area contributed by atoms with Crippen molar-refractivity contribution in [2.75, 3.05) is 0 Å². The third-order valence-corrected chi connectivity index (χ3v) is 7.15. The fourth-order valence-corrected chi connectivity index (χ4v) is 4.47. The number of rotatable bonds is 7. The molecule has 0 nitrogen and oxygen atoms in total. The molecule has 0 aromatic rings. The maximum absolute atomic E-state index is 2.56. The molecule has 1 aliphatic rings. The fraction of sp³-hybridized carbons (Fsp3) is 1.00. The van der Waals surface area contributed by atoms with Crippen LogP contribution in [0.1, 0.15) is 99.8 Å². The van der Waals surface area contributed by atoms with E-state index in [9.17, 15) is 0 Å². The first kappa shape index (κ1) is 18.1. The summed E-state index contributed by atoms with van der Waals surface area (Å²) in [7, 11) is 0. The van der Waals surface area contributed by atoms with Crippen LogP contribution in [-0.2, 0) is 0 Å². The smallest absolute Gasteiger partial charge is 0.0295 e. The molecular weight excluding hydrogens is 240 g/mol. The predicted molar refractivity (Wildman–Crippen MR) is 92.0 cm³/mol. The van der Waals surface area contributed by atoms with Gasteiger partial charge in [-0.2, -0.15) is 0 Å². The molecule has 1 saturated carbocycles. The first-order chi connectivity index (χ1) is 9.24. The standard InChI is InChI=1S/C20H40/c1-8-9-13-16(2)19(4,5)17(3)20(6,7)18-14-11-10-12-15-18/h16-18H,8-15H2,1-7H3. The number of unbranched alkanes of at least 4 members (excludes halogenated alkanes) is 1. The van der Waals surface area contributed by atoms with Crippen LogP contribution in [0.15, 0.2) is 0 Å². The van der Waals surface area contributed by atoms with E-state index in [1.165, 1.54) is 51.4 Å². The molecule has 2 unspecified atom stereocenters. The highest BCUT2D eigenvalue weighted by Crippen LogP contribution is 2.52. The van der Waals surface area contributed by atoms with Gasteiger partial charge in [0.25, 0.3) is 0 Å². The van der Waals surface area contributed by atoms with E-state index in [0.29, 0.717) is 10.8 Å². The van der Waals surface area contributed by atoms with Gasteiger partial charge in [-0.3, -0.25) is 0 Å². The maximum Gasteiger partial charge on any atom is -0.0295 e. The Morgan fingerprint density at radius 2 is 1.50 bits per heavy atom. The van der Waals surface area contributed by atoms with Crippen LogP contribution in [0.25, 0.3) is 0 Å². The molecule has 0 heteroatoms. The molecule has 1 aliphatic carbocycles. The summed E-state index contributed by atoms with van der Waals surface area (Å²) in [6.07, 6.45) is 11.5. The second-order valence-corrected chi connectivity index (χ2v) is 8.74. The molecule has 0 spiro atoms. The summed E-state index contributed by atoms with van der Waals surface area (Å²) in [6, 6.07) is 0. The predicted octanol–water partition coefficient (Wildman–Crippen LogP) is 7.08. The molecular formula is C20H40. The van der Waals surface area contributed by atoms with Crippen LogP contribution in [0.4, 0.5) is 0 Å². The van der Waals surface area contributed by atoms with Crippen molar-refractivity contribution in [3.63, 3.8) is 0 Å². The number of hydrogen-bond acceptors (Lipinski definition) is 0. The molecule has 0 aliphatic heterocycles. The summed E-state index contributed by atoms with van der Waals surface area (Å²) >= 11 is 0. The maximum atomic E-state index is 2.56. The van der Waals surface area contributed by atoms with E-state index in [1.54, 1.807) is 0 Å². The van der Waals surface area contributed by atoms with E-state index >= 15 is 0 Å². The van der Waals surface area contributed by atoms with Crippen LogP contribution < -0.4 is 0 Å². The third-order valence-electron chi connectivity index (χ3n) is 7.15. The van der Waals surface area contributed by atoms with Gasteiger partial charge in [-0.05, 0) is 41.4 Å². The highest BCUT2D eigenvalue weighted by Gasteiger charge is 2.44. The van der Waals surface area contributed by atoms with Gasteiger partial charge in [0.05, 0.1) is 0 Å². The minimum atomic E-state index is 0.454. The van der Waals surface area contributed by atoms with E-state index < -0.39 is 0 Å². The van der Waals surface area contributed by atoms with Gasteiger partial charge >= 0.3 is 0 Å². The third kappa shape index (κ3) is 4.01. The Labute approximate surface area is 129 Å². The van der Waals surface area contributed by atoms with Gasteiger partial charge in [-0.1, -0.05) is 87.0 Å². The molecule has 120 valence electrons. The lowest BCUT2D eigenvalue weighted by molar-refractivity contribution is -0.0122. The second-order valence-electron chi connectivity index (χ2n) is 8.74. The van der Waals surface area contributed by atoms with Gasteiger partial charge in [0.1, 0.15) is 0 Å². The zero-order valence-electron chi connectivity index (χ0n) is 15.4. The van der Waals surface area contributed by atoms with Crippen molar-refractivity contribution in [3.05, 3.63) is 0 Å². The topological polar surface area (TPSA) is 0 Å². The summed E-state index contributed by atoms with van der Waals surface area (Å²) in [5.41, 5.74) is 0.945. The largest absolute Gasteiger partial charge is 0.0654 e. The molecule has 20 heavy (non-hydrogen) atoms. The van der Waals surface area contributed by atoms with Crippen molar-refractivity contribution < 1.29 is 0 Å². The molecule has 0 N–H and O–H groups in total. The normalized spacial score (nSPS) is 21.8. The lowest BCUT2D eigenvalue weighted by Gasteiger charge is -2.50. The van der Waals surface area contributed by atoms with Gasteiger partial charge in [0, 0.05) is 0 Å². The molecule has 1 rings (SSSR count). The monoisotopic (exact) mass is 280 g/mol. The Kier molecular flexibility index (Phi) is 6.61. The van der Waals surface area contributed by atoms with E-state index in [-0.39, 0.29) is 0 Å². The highest BCUT2D eigenvalue weighted by atomic mass is 14.5. The summed E-state index contributed by atoms with van der Waals surface area (Å²) in [4.78, 5) is 0. The van der Waals surface area contributed by atoms with Crippen LogP contribution in [-0.4, -0.2) is 0 Å². The highest BCUT2D eigenvalue weighted by molar-refractivity contribution is 4.93. The number of hydrogen-bond donors (Lipinski definition) is 0. The Bertz CT molecular complexity index is 268. The quantitative estimate of drug-likeness (QED) is 0.467. The van der Waals surface area contributed by atoms with Crippen LogP contribution >= 0.6 is 0 Å². The Balaban J connectivity index is 2.75. The average Bonchev–Trinajstić information content (AvgIpc) is 2.44. The minimum Gasteiger partial charge on any atom is -0.0654 e. The van der Waals surface area contributed by atoms with Crippen LogP contribution in [0, 0.1) is 28.6 Å². The summed E-state index contributed by atoms with van der Waals surface area (Å²) in [5.74, 6) is 2.58. The second kappa shape index (κ2) is 7.32. The van der Waals surface area contributed by atoms with E-state index in [1.807, 2.05) is 0 Å². The summed E-state index contributed by atoms with van der Waals surface area (Å²) in [6.45, 7) is 17.5. The average molecular weight is 281 g/mol. The summed E-state index contributed by atoms with van der Waals surface area (Å²) in [5, 5.41) is 0. The van der Waals surface area contributed by atoms with E-state index in [2.05, 4.69) is 48.5 Å². The van der Waals surface area contributed by atoms with Crippen LogP contribution in [0.2, 0.25) is 0 Å². The van der Waals surface area contributed by atoms with E-state index in [0.717, 1.165) is 17.8 Å². The van der Waals surface area contributed by atoms with Crippen molar-refractivity contribution in [1.82, 2.24) is 0 Å². The van der Waals surface area contributed by atoms with E-state index in [4.69, 9.17) is 0 Å².